The van der Waals surface area contributed by atoms with Gasteiger partial charge in [-0.25, -0.2) is 9.59 Å². The van der Waals surface area contributed by atoms with Crippen molar-refractivity contribution in [2.75, 3.05) is 0 Å². The van der Waals surface area contributed by atoms with Crippen molar-refractivity contribution in [1.82, 2.24) is 0 Å². The van der Waals surface area contributed by atoms with Crippen LogP contribution in [-0.2, 0) is 23.8 Å². The molecule has 0 aromatic carbocycles. The summed E-state index contributed by atoms with van der Waals surface area (Å²) in [6.07, 6.45) is 7.94. The number of ether oxygens (including phenoxy) is 3. The first-order chi connectivity index (χ1) is 12.7. The summed E-state index contributed by atoms with van der Waals surface area (Å²) in [6.45, 7) is 7.27. The van der Waals surface area contributed by atoms with Gasteiger partial charge in [0.25, 0.3) is 0 Å². The lowest BCUT2D eigenvalue weighted by Crippen LogP contribution is -2.73. The molecule has 2 heterocycles. The molecule has 1 saturated carbocycles. The van der Waals surface area contributed by atoms with Crippen LogP contribution in [0.25, 0.3) is 0 Å². The average Bonchev–Trinajstić information content (AvgIpc) is 2.61. The molecule has 4 rings (SSSR count). The Morgan fingerprint density at radius 2 is 1.85 bits per heavy atom. The number of carbonyl (C=O) groups excluding carboxylic acids is 2. The maximum Gasteiger partial charge on any atom is 0.383 e. The van der Waals surface area contributed by atoms with Crippen molar-refractivity contribution >= 4 is 11.9 Å². The zero-order valence-electron chi connectivity index (χ0n) is 16.6. The maximum atomic E-state index is 13.2. The minimum Gasteiger partial charge on any atom is -0.417 e. The van der Waals surface area contributed by atoms with Gasteiger partial charge in [0.15, 0.2) is 0 Å². The Morgan fingerprint density at radius 1 is 1.15 bits per heavy atom. The molecule has 6 nitrogen and oxygen atoms in total. The Morgan fingerprint density at radius 3 is 2.56 bits per heavy atom. The zero-order chi connectivity index (χ0) is 19.6. The molecule has 4 aliphatic rings. The summed E-state index contributed by atoms with van der Waals surface area (Å²) in [5.41, 5.74) is 0.522. The van der Waals surface area contributed by atoms with Crippen LogP contribution in [0.4, 0.5) is 0 Å². The molecule has 150 valence electrons. The standard InChI is InChI=1S/C21H30O6/c1-5-14-11-16-12(2)10-13-8-6-7-9-15(13)19(16,3)21(25-14)18(23)26-20(4,24)17(22)27-21/h10,13-16,24H,5-9,11H2,1-4H3. The molecule has 2 aliphatic heterocycles. The van der Waals surface area contributed by atoms with Crippen LogP contribution in [0.2, 0.25) is 0 Å². The zero-order valence-corrected chi connectivity index (χ0v) is 16.6. The average molecular weight is 378 g/mol. The van der Waals surface area contributed by atoms with E-state index in [9.17, 15) is 14.7 Å². The lowest BCUT2D eigenvalue weighted by atomic mass is 9.49. The second-order valence-electron chi connectivity index (χ2n) is 9.06. The molecule has 0 aromatic rings. The summed E-state index contributed by atoms with van der Waals surface area (Å²) >= 11 is 0. The van der Waals surface area contributed by atoms with Gasteiger partial charge in [-0.1, -0.05) is 38.3 Å². The van der Waals surface area contributed by atoms with E-state index in [0.717, 1.165) is 39.0 Å². The van der Waals surface area contributed by atoms with E-state index >= 15 is 0 Å². The molecule has 2 aliphatic carbocycles. The van der Waals surface area contributed by atoms with Gasteiger partial charge in [0.05, 0.1) is 11.5 Å². The molecule has 0 amide bonds. The van der Waals surface area contributed by atoms with Gasteiger partial charge in [-0.05, 0) is 50.4 Å². The molecular weight excluding hydrogens is 348 g/mol. The summed E-state index contributed by atoms with van der Waals surface area (Å²) in [5.74, 6) is -5.24. The second-order valence-corrected chi connectivity index (χ2v) is 9.06. The highest BCUT2D eigenvalue weighted by molar-refractivity contribution is 5.91. The summed E-state index contributed by atoms with van der Waals surface area (Å²) in [5, 5.41) is 10.1. The van der Waals surface area contributed by atoms with Gasteiger partial charge in [-0.3, -0.25) is 0 Å². The molecule has 1 N–H and O–H groups in total. The SMILES string of the molecule is CCC1CC2C(C)=CC3CCCCC3C2(C)C2(OC(=O)C(C)(O)OC2=O)O1. The Hall–Kier alpha value is -1.40. The van der Waals surface area contributed by atoms with Crippen molar-refractivity contribution in [3.05, 3.63) is 11.6 Å². The van der Waals surface area contributed by atoms with Gasteiger partial charge >= 0.3 is 23.5 Å². The quantitative estimate of drug-likeness (QED) is 0.558. The normalized spacial score (nSPS) is 49.6. The molecule has 0 bridgehead atoms. The number of fused-ring (bicyclic) bond motifs is 4. The summed E-state index contributed by atoms with van der Waals surface area (Å²) in [4.78, 5) is 25.8. The first-order valence-corrected chi connectivity index (χ1v) is 10.2. The van der Waals surface area contributed by atoms with Gasteiger partial charge < -0.3 is 19.3 Å². The maximum absolute atomic E-state index is 13.2. The number of cyclic esters (lactones) is 1. The van der Waals surface area contributed by atoms with Crippen LogP contribution in [0.5, 0.6) is 0 Å². The predicted molar refractivity (Wildman–Crippen MR) is 96.1 cm³/mol. The van der Waals surface area contributed by atoms with Crippen molar-refractivity contribution in [3.63, 3.8) is 0 Å². The molecule has 1 spiro atoms. The highest BCUT2D eigenvalue weighted by Crippen LogP contribution is 2.64. The number of carbonyl (C=O) groups is 2. The van der Waals surface area contributed by atoms with Crippen LogP contribution in [0.3, 0.4) is 0 Å². The fraction of sp³-hybridized carbons (Fsp3) is 0.810. The van der Waals surface area contributed by atoms with Crippen molar-refractivity contribution in [2.45, 2.75) is 83.9 Å². The van der Waals surface area contributed by atoms with E-state index < -0.39 is 28.9 Å². The fourth-order valence-corrected chi connectivity index (χ4v) is 6.07. The smallest absolute Gasteiger partial charge is 0.383 e. The molecule has 0 radical (unpaired) electrons. The molecule has 2 saturated heterocycles. The van der Waals surface area contributed by atoms with E-state index in [0.29, 0.717) is 12.3 Å². The summed E-state index contributed by atoms with van der Waals surface area (Å²) in [6, 6.07) is 0. The Balaban J connectivity index is 1.87. The van der Waals surface area contributed by atoms with E-state index in [-0.39, 0.29) is 17.9 Å². The first-order valence-electron chi connectivity index (χ1n) is 10.2. The van der Waals surface area contributed by atoms with Crippen LogP contribution >= 0.6 is 0 Å². The van der Waals surface area contributed by atoms with Crippen molar-refractivity contribution < 1.29 is 28.9 Å². The highest BCUT2D eigenvalue weighted by atomic mass is 16.8. The third kappa shape index (κ3) is 2.45. The van der Waals surface area contributed by atoms with Crippen LogP contribution in [0.15, 0.2) is 11.6 Å². The lowest BCUT2D eigenvalue weighted by molar-refractivity contribution is -0.372. The second kappa shape index (κ2) is 6.05. The third-order valence-corrected chi connectivity index (χ3v) is 7.51. The number of hydrogen-bond donors (Lipinski definition) is 1. The molecular formula is C21H30O6. The van der Waals surface area contributed by atoms with Crippen LogP contribution in [0.1, 0.15) is 66.2 Å². The van der Waals surface area contributed by atoms with Crippen molar-refractivity contribution in [1.29, 1.82) is 0 Å². The molecule has 7 atom stereocenters. The molecule has 3 fully saturated rings. The van der Waals surface area contributed by atoms with Crippen molar-refractivity contribution in [3.8, 4) is 0 Å². The summed E-state index contributed by atoms with van der Waals surface area (Å²) < 4.78 is 17.2. The molecule has 6 heteroatoms. The molecule has 0 aromatic heterocycles. The van der Waals surface area contributed by atoms with Gasteiger partial charge in [0, 0.05) is 6.92 Å². The number of hydrogen-bond acceptors (Lipinski definition) is 6. The lowest BCUT2D eigenvalue weighted by Gasteiger charge is -2.62. The largest absolute Gasteiger partial charge is 0.417 e. The Labute approximate surface area is 160 Å². The molecule has 7 unspecified atom stereocenters. The number of allylic oxidation sites excluding steroid dienone is 2. The van der Waals surface area contributed by atoms with Gasteiger partial charge in [-0.15, -0.1) is 0 Å². The van der Waals surface area contributed by atoms with E-state index in [4.69, 9.17) is 14.2 Å². The van der Waals surface area contributed by atoms with Crippen LogP contribution < -0.4 is 0 Å². The summed E-state index contributed by atoms with van der Waals surface area (Å²) in [7, 11) is 0. The first kappa shape index (κ1) is 18.9. The van der Waals surface area contributed by atoms with Gasteiger partial charge in [-0.2, -0.15) is 0 Å². The van der Waals surface area contributed by atoms with Gasteiger partial charge in [0.1, 0.15) is 0 Å². The van der Waals surface area contributed by atoms with Crippen LogP contribution in [0, 0.1) is 23.2 Å². The van der Waals surface area contributed by atoms with E-state index in [2.05, 4.69) is 13.0 Å². The highest BCUT2D eigenvalue weighted by Gasteiger charge is 2.74. The number of aliphatic hydroxyl groups is 1. The Kier molecular flexibility index (Phi) is 4.24. The number of rotatable bonds is 1. The third-order valence-electron chi connectivity index (χ3n) is 7.51. The predicted octanol–water partition coefficient (Wildman–Crippen LogP) is 3.08. The van der Waals surface area contributed by atoms with E-state index in [1.165, 1.54) is 5.57 Å². The van der Waals surface area contributed by atoms with Crippen molar-refractivity contribution in [2.24, 2.45) is 23.2 Å². The minimum atomic E-state index is -2.28. The minimum absolute atomic E-state index is 0.0685. The topological polar surface area (TPSA) is 82.1 Å². The van der Waals surface area contributed by atoms with Crippen LogP contribution in [-0.4, -0.2) is 34.7 Å². The van der Waals surface area contributed by atoms with E-state index in [1.807, 2.05) is 13.8 Å². The van der Waals surface area contributed by atoms with E-state index in [1.54, 1.807) is 0 Å². The molecule has 27 heavy (non-hydrogen) atoms. The number of esters is 2. The fourth-order valence-electron chi connectivity index (χ4n) is 6.07. The van der Waals surface area contributed by atoms with Gasteiger partial charge in [0.2, 0.25) is 0 Å². The monoisotopic (exact) mass is 378 g/mol. The Bertz CT molecular complexity index is 697.